The Hall–Kier alpha value is -2.57. The van der Waals surface area contributed by atoms with Gasteiger partial charge < -0.3 is 18.8 Å². The minimum atomic E-state index is -0.185. The summed E-state index contributed by atoms with van der Waals surface area (Å²) in [4.78, 5) is 11.8. The molecule has 7 nitrogen and oxygen atoms in total. The van der Waals surface area contributed by atoms with Crippen LogP contribution < -0.4 is 9.47 Å². The van der Waals surface area contributed by atoms with Gasteiger partial charge in [0.2, 0.25) is 0 Å². The lowest BCUT2D eigenvalue weighted by Crippen LogP contribution is -2.27. The third kappa shape index (κ3) is 3.45. The van der Waals surface area contributed by atoms with Crippen molar-refractivity contribution in [1.29, 1.82) is 0 Å². The van der Waals surface area contributed by atoms with Crippen molar-refractivity contribution in [3.05, 3.63) is 24.0 Å². The maximum absolute atomic E-state index is 11.8. The highest BCUT2D eigenvalue weighted by Gasteiger charge is 2.29. The molecule has 1 atom stereocenters. The lowest BCUT2D eigenvalue weighted by Gasteiger charge is -2.21. The minimum absolute atomic E-state index is 0.145. The molecule has 1 aliphatic rings. The third-order valence-corrected chi connectivity index (χ3v) is 4.38. The number of aromatic nitrogens is 3. The van der Waals surface area contributed by atoms with Crippen LogP contribution in [0, 0.1) is 5.92 Å². The van der Waals surface area contributed by atoms with Crippen molar-refractivity contribution in [2.45, 2.75) is 32.7 Å². The number of benzene rings is 1. The highest BCUT2D eigenvalue weighted by Crippen LogP contribution is 2.33. The predicted molar refractivity (Wildman–Crippen MR) is 91.6 cm³/mol. The van der Waals surface area contributed by atoms with Gasteiger partial charge in [0, 0.05) is 18.5 Å². The third-order valence-electron chi connectivity index (χ3n) is 4.38. The Balaban J connectivity index is 1.86. The lowest BCUT2D eigenvalue weighted by molar-refractivity contribution is -0.146. The molecule has 134 valence electrons. The van der Waals surface area contributed by atoms with Crippen LogP contribution in [0.4, 0.5) is 0 Å². The van der Waals surface area contributed by atoms with E-state index in [-0.39, 0.29) is 11.9 Å². The van der Waals surface area contributed by atoms with Crippen molar-refractivity contribution in [3.8, 4) is 22.9 Å². The zero-order valence-corrected chi connectivity index (χ0v) is 14.8. The molecular weight excluding hydrogens is 322 g/mol. The van der Waals surface area contributed by atoms with Gasteiger partial charge in [0.1, 0.15) is 5.82 Å². The summed E-state index contributed by atoms with van der Waals surface area (Å²) >= 11 is 0. The molecule has 0 saturated carbocycles. The van der Waals surface area contributed by atoms with E-state index in [2.05, 4.69) is 21.7 Å². The van der Waals surface area contributed by atoms with Gasteiger partial charge in [-0.25, -0.2) is 0 Å². The van der Waals surface area contributed by atoms with E-state index in [9.17, 15) is 4.79 Å². The first-order valence-corrected chi connectivity index (χ1v) is 8.49. The fourth-order valence-electron chi connectivity index (χ4n) is 3.05. The summed E-state index contributed by atoms with van der Waals surface area (Å²) in [6, 6.07) is 5.76. The van der Waals surface area contributed by atoms with Gasteiger partial charge in [-0.2, -0.15) is 0 Å². The summed E-state index contributed by atoms with van der Waals surface area (Å²) in [6.45, 7) is 3.39. The number of carbonyl (C=O) groups excluding carboxylic acids is 1. The molecule has 2 heterocycles. The molecule has 7 heteroatoms. The average molecular weight is 345 g/mol. The van der Waals surface area contributed by atoms with Gasteiger partial charge in [-0.3, -0.25) is 4.79 Å². The van der Waals surface area contributed by atoms with E-state index in [1.165, 1.54) is 7.11 Å². The van der Waals surface area contributed by atoms with Crippen LogP contribution in [0.2, 0.25) is 0 Å². The normalized spacial score (nSPS) is 16.2. The van der Waals surface area contributed by atoms with Gasteiger partial charge >= 0.3 is 5.97 Å². The number of ether oxygens (including phenoxy) is 3. The van der Waals surface area contributed by atoms with E-state index in [0.29, 0.717) is 25.3 Å². The number of fused-ring (bicyclic) bond motifs is 1. The van der Waals surface area contributed by atoms with Crippen LogP contribution in [0.1, 0.15) is 25.6 Å². The van der Waals surface area contributed by atoms with Gasteiger partial charge in [0.25, 0.3) is 0 Å². The molecule has 1 aromatic heterocycles. The zero-order valence-electron chi connectivity index (χ0n) is 14.8. The number of hydrogen-bond donors (Lipinski definition) is 0. The molecule has 0 N–H and O–H groups in total. The van der Waals surface area contributed by atoms with Gasteiger partial charge in [-0.1, -0.05) is 6.92 Å². The zero-order chi connectivity index (χ0) is 17.8. The number of nitrogens with zero attached hydrogens (tertiary/aromatic N) is 3. The smallest absolute Gasteiger partial charge is 0.309 e. The quantitative estimate of drug-likeness (QED) is 0.749. The molecule has 3 rings (SSSR count). The minimum Gasteiger partial charge on any atom is -0.493 e. The number of hydrogen-bond acceptors (Lipinski definition) is 6. The highest BCUT2D eigenvalue weighted by molar-refractivity contribution is 5.72. The molecule has 0 amide bonds. The maximum Gasteiger partial charge on any atom is 0.309 e. The second kappa shape index (κ2) is 7.55. The van der Waals surface area contributed by atoms with Crippen molar-refractivity contribution in [3.63, 3.8) is 0 Å². The molecule has 1 aliphatic heterocycles. The van der Waals surface area contributed by atoms with Crippen LogP contribution in [0.25, 0.3) is 11.4 Å². The average Bonchev–Trinajstić information content (AvgIpc) is 3.08. The van der Waals surface area contributed by atoms with Crippen molar-refractivity contribution in [1.82, 2.24) is 14.8 Å². The van der Waals surface area contributed by atoms with Gasteiger partial charge in [0.15, 0.2) is 17.3 Å². The van der Waals surface area contributed by atoms with Crippen LogP contribution in [-0.2, 0) is 22.5 Å². The number of rotatable bonds is 6. The SMILES string of the molecule is CCCOc1ccc(-c2nnc3n2CCC(C(=O)OC)C3)cc1OC. The van der Waals surface area contributed by atoms with Crippen LogP contribution in [-0.4, -0.2) is 41.6 Å². The van der Waals surface area contributed by atoms with Crippen LogP contribution in [0.5, 0.6) is 11.5 Å². The first-order chi connectivity index (χ1) is 12.2. The van der Waals surface area contributed by atoms with Crippen molar-refractivity contribution in [2.24, 2.45) is 5.92 Å². The predicted octanol–water partition coefficient (Wildman–Crippen LogP) is 2.48. The molecule has 25 heavy (non-hydrogen) atoms. The van der Waals surface area contributed by atoms with Crippen molar-refractivity contribution >= 4 is 5.97 Å². The Labute approximate surface area is 146 Å². The summed E-state index contributed by atoms with van der Waals surface area (Å²) in [5.41, 5.74) is 0.913. The number of methoxy groups -OCH3 is 2. The molecular formula is C18H23N3O4. The summed E-state index contributed by atoms with van der Waals surface area (Å²) < 4.78 is 18.0. The highest BCUT2D eigenvalue weighted by atomic mass is 16.5. The van der Waals surface area contributed by atoms with E-state index in [1.54, 1.807) is 7.11 Å². The van der Waals surface area contributed by atoms with E-state index in [4.69, 9.17) is 14.2 Å². The molecule has 1 aromatic carbocycles. The monoisotopic (exact) mass is 345 g/mol. The molecule has 0 aliphatic carbocycles. The topological polar surface area (TPSA) is 75.5 Å². The summed E-state index contributed by atoms with van der Waals surface area (Å²) in [6.07, 6.45) is 2.21. The molecule has 0 saturated heterocycles. The largest absolute Gasteiger partial charge is 0.493 e. The lowest BCUT2D eigenvalue weighted by atomic mass is 9.98. The van der Waals surface area contributed by atoms with E-state index < -0.39 is 0 Å². The second-order valence-corrected chi connectivity index (χ2v) is 6.02. The van der Waals surface area contributed by atoms with Crippen molar-refractivity contribution in [2.75, 3.05) is 20.8 Å². The fourth-order valence-corrected chi connectivity index (χ4v) is 3.05. The Morgan fingerprint density at radius 3 is 2.84 bits per heavy atom. The second-order valence-electron chi connectivity index (χ2n) is 6.02. The van der Waals surface area contributed by atoms with Crippen molar-refractivity contribution < 1.29 is 19.0 Å². The molecule has 0 spiro atoms. The van der Waals surface area contributed by atoms with Crippen LogP contribution in [0.3, 0.4) is 0 Å². The Morgan fingerprint density at radius 1 is 1.28 bits per heavy atom. The molecule has 0 bridgehead atoms. The van der Waals surface area contributed by atoms with E-state index >= 15 is 0 Å². The maximum atomic E-state index is 11.8. The molecule has 2 aromatic rings. The molecule has 0 radical (unpaired) electrons. The first-order valence-electron chi connectivity index (χ1n) is 8.49. The number of carbonyl (C=O) groups is 1. The fraction of sp³-hybridized carbons (Fsp3) is 0.500. The molecule has 0 fully saturated rings. The Morgan fingerprint density at radius 2 is 2.12 bits per heavy atom. The van der Waals surface area contributed by atoms with Gasteiger partial charge in [-0.15, -0.1) is 10.2 Å². The van der Waals surface area contributed by atoms with Crippen LogP contribution >= 0.6 is 0 Å². The van der Waals surface area contributed by atoms with Gasteiger partial charge in [-0.05, 0) is 31.0 Å². The molecule has 1 unspecified atom stereocenters. The summed E-state index contributed by atoms with van der Waals surface area (Å²) in [5, 5.41) is 8.58. The summed E-state index contributed by atoms with van der Waals surface area (Å²) in [7, 11) is 3.04. The summed E-state index contributed by atoms with van der Waals surface area (Å²) in [5.74, 6) is 2.65. The number of esters is 1. The van der Waals surface area contributed by atoms with Crippen LogP contribution in [0.15, 0.2) is 18.2 Å². The first kappa shape index (κ1) is 17.3. The van der Waals surface area contributed by atoms with E-state index in [0.717, 1.165) is 35.8 Å². The Kier molecular flexibility index (Phi) is 5.21. The standard InChI is InChI=1S/C18H23N3O4/c1-4-9-25-14-6-5-12(10-15(14)23-2)17-20-19-16-11-13(18(22)24-3)7-8-21(16)17/h5-6,10,13H,4,7-9,11H2,1-3H3. The Bertz CT molecular complexity index is 757. The van der Waals surface area contributed by atoms with E-state index in [1.807, 2.05) is 18.2 Å². The van der Waals surface area contributed by atoms with Gasteiger partial charge in [0.05, 0.1) is 26.7 Å².